The number of ether oxygens (including phenoxy) is 2. The molecule has 0 aliphatic heterocycles. The largest absolute Gasteiger partial charge is 0.493 e. The van der Waals surface area contributed by atoms with E-state index in [0.717, 1.165) is 40.1 Å². The maximum absolute atomic E-state index is 13.1. The number of anilines is 2. The molecular weight excluding hydrogens is 549 g/mol. The fourth-order valence-electron chi connectivity index (χ4n) is 3.25. The maximum Gasteiger partial charge on any atom is 0.267 e. The average molecular weight is 580 g/mol. The van der Waals surface area contributed by atoms with Crippen LogP contribution in [-0.2, 0) is 4.43 Å². The summed E-state index contributed by atoms with van der Waals surface area (Å²) in [7, 11) is 3.42. The summed E-state index contributed by atoms with van der Waals surface area (Å²) in [6.07, 6.45) is 0.907. The van der Waals surface area contributed by atoms with E-state index in [-0.39, 0.29) is 5.91 Å². The predicted octanol–water partition coefficient (Wildman–Crippen LogP) is 6.03. The number of benzene rings is 2. The number of alkyl halides is 1. The summed E-state index contributed by atoms with van der Waals surface area (Å²) < 4.78 is 12.3. The van der Waals surface area contributed by atoms with Crippen LogP contribution in [0.3, 0.4) is 0 Å². The molecule has 0 saturated carbocycles. The van der Waals surface area contributed by atoms with Gasteiger partial charge in [0, 0.05) is 28.1 Å². The molecule has 2 aromatic carbocycles. The molecule has 0 bridgehead atoms. The van der Waals surface area contributed by atoms with Crippen LogP contribution in [0.5, 0.6) is 11.5 Å². The molecule has 176 valence electrons. The number of rotatable bonds is 12. The van der Waals surface area contributed by atoms with E-state index < -0.39 is 0 Å². The lowest BCUT2D eigenvalue weighted by Crippen LogP contribution is -2.16. The maximum atomic E-state index is 13.1. The number of carbonyl (C=O) groups excluding carboxylic acids is 1. The lowest BCUT2D eigenvalue weighted by atomic mass is 10.1. The molecule has 1 amide bonds. The Kier molecular flexibility index (Phi) is 9.83. The number of hydrogen-bond donors (Lipinski definition) is 3. The molecule has 0 atom stereocenters. The summed E-state index contributed by atoms with van der Waals surface area (Å²) in [4.78, 5) is 14.8. The van der Waals surface area contributed by atoms with Crippen molar-refractivity contribution in [3.63, 3.8) is 0 Å². The second-order valence-electron chi connectivity index (χ2n) is 7.31. The zero-order valence-corrected chi connectivity index (χ0v) is 22.1. The summed E-state index contributed by atoms with van der Waals surface area (Å²) in [5.74, 6) is 1.09. The number of amides is 1. The van der Waals surface area contributed by atoms with Crippen LogP contribution in [0.15, 0.2) is 48.5 Å². The second-order valence-corrected chi connectivity index (χ2v) is 9.12. The molecule has 3 N–H and O–H groups in total. The van der Waals surface area contributed by atoms with Gasteiger partial charge in [0.05, 0.1) is 19.4 Å². The number of halogens is 1. The molecule has 0 fully saturated rings. The van der Waals surface area contributed by atoms with Gasteiger partial charge in [-0.25, -0.2) is 0 Å². The molecule has 1 aromatic heterocycles. The van der Waals surface area contributed by atoms with E-state index in [1.165, 1.54) is 16.9 Å². The first-order valence-corrected chi connectivity index (χ1v) is 13.2. The van der Waals surface area contributed by atoms with Gasteiger partial charge in [-0.05, 0) is 48.8 Å². The van der Waals surface area contributed by atoms with Crippen LogP contribution in [0.2, 0.25) is 0 Å². The predicted molar refractivity (Wildman–Crippen MR) is 147 cm³/mol. The summed E-state index contributed by atoms with van der Waals surface area (Å²) in [6.45, 7) is 4.53. The summed E-state index contributed by atoms with van der Waals surface area (Å²) in [5, 5.41) is 9.40. The summed E-state index contributed by atoms with van der Waals surface area (Å²) in [5.41, 5.74) is 3.83. The van der Waals surface area contributed by atoms with Crippen LogP contribution >= 0.6 is 33.9 Å². The zero-order chi connectivity index (χ0) is 23.6. The van der Waals surface area contributed by atoms with E-state index in [4.69, 9.17) is 9.47 Å². The van der Waals surface area contributed by atoms with Gasteiger partial charge < -0.3 is 25.4 Å². The van der Waals surface area contributed by atoms with Gasteiger partial charge in [-0.15, -0.1) is 11.3 Å². The molecular formula is C25H30IN3O3S. The van der Waals surface area contributed by atoms with E-state index in [2.05, 4.69) is 69.7 Å². The molecule has 6 nitrogen and oxygen atoms in total. The number of nitrogens with one attached hydrogen (secondary N) is 3. The molecule has 3 rings (SSSR count). The van der Waals surface area contributed by atoms with Gasteiger partial charge in [0.25, 0.3) is 5.91 Å². The highest BCUT2D eigenvalue weighted by atomic mass is 127. The van der Waals surface area contributed by atoms with Gasteiger partial charge in [0.2, 0.25) is 0 Å². The Labute approximate surface area is 213 Å². The van der Waals surface area contributed by atoms with E-state index in [1.807, 2.05) is 25.2 Å². The second kappa shape index (κ2) is 12.8. The molecule has 33 heavy (non-hydrogen) atoms. The van der Waals surface area contributed by atoms with Gasteiger partial charge in [-0.1, -0.05) is 53.8 Å². The Morgan fingerprint density at radius 1 is 1.09 bits per heavy atom. The van der Waals surface area contributed by atoms with Gasteiger partial charge in [0.15, 0.2) is 11.5 Å². The lowest BCUT2D eigenvalue weighted by Gasteiger charge is -2.13. The van der Waals surface area contributed by atoms with Crippen molar-refractivity contribution >= 4 is 51.2 Å². The SMILES string of the molecule is CCNCCCOc1ccc(NC(=O)c2sc(-c3ccc(CI)cc3)cc2NC)cc1OC. The Bertz CT molecular complexity index is 1050. The minimum absolute atomic E-state index is 0.166. The molecule has 0 unspecified atom stereocenters. The topological polar surface area (TPSA) is 71.6 Å². The third-order valence-corrected chi connectivity index (χ3v) is 7.09. The Hall–Kier alpha value is -2.30. The molecule has 0 radical (unpaired) electrons. The zero-order valence-electron chi connectivity index (χ0n) is 19.2. The van der Waals surface area contributed by atoms with Crippen LogP contribution < -0.4 is 25.4 Å². The van der Waals surface area contributed by atoms with Crippen LogP contribution in [0.25, 0.3) is 10.4 Å². The third-order valence-electron chi connectivity index (χ3n) is 5.03. The molecule has 3 aromatic rings. The third kappa shape index (κ3) is 6.84. The Balaban J connectivity index is 1.71. The van der Waals surface area contributed by atoms with Crippen molar-refractivity contribution in [2.45, 2.75) is 17.8 Å². The van der Waals surface area contributed by atoms with Crippen molar-refractivity contribution in [2.24, 2.45) is 0 Å². The first-order chi connectivity index (χ1) is 16.1. The highest BCUT2D eigenvalue weighted by Gasteiger charge is 2.18. The van der Waals surface area contributed by atoms with Gasteiger partial charge >= 0.3 is 0 Å². The standard InChI is InChI=1S/C25H30IN3O3S/c1-4-28-12-5-13-32-21-11-10-19(14-22(21)31-3)29-25(30)24-20(27-2)15-23(33-24)18-8-6-17(16-26)7-9-18/h6-11,14-15,27-28H,4-5,12-13,16H2,1-3H3,(H,29,30). The molecule has 8 heteroatoms. The molecule has 0 aliphatic carbocycles. The Morgan fingerprint density at radius 2 is 1.88 bits per heavy atom. The van der Waals surface area contributed by atoms with Crippen molar-refractivity contribution in [1.82, 2.24) is 5.32 Å². The summed E-state index contributed by atoms with van der Waals surface area (Å²) >= 11 is 3.82. The highest BCUT2D eigenvalue weighted by molar-refractivity contribution is 14.1. The molecule has 1 heterocycles. The van der Waals surface area contributed by atoms with Crippen LogP contribution in [0.4, 0.5) is 11.4 Å². The fourth-order valence-corrected chi connectivity index (χ4v) is 4.83. The fraction of sp³-hybridized carbons (Fsp3) is 0.320. The van der Waals surface area contributed by atoms with Crippen LogP contribution in [-0.4, -0.2) is 39.8 Å². The number of thiophene rings is 1. The minimum atomic E-state index is -0.166. The normalized spacial score (nSPS) is 10.7. The van der Waals surface area contributed by atoms with Crippen molar-refractivity contribution < 1.29 is 14.3 Å². The smallest absolute Gasteiger partial charge is 0.267 e. The molecule has 0 saturated heterocycles. The van der Waals surface area contributed by atoms with Gasteiger partial charge in [-0.3, -0.25) is 4.79 Å². The lowest BCUT2D eigenvalue weighted by molar-refractivity contribution is 0.103. The van der Waals surface area contributed by atoms with Crippen LogP contribution in [0.1, 0.15) is 28.6 Å². The van der Waals surface area contributed by atoms with Crippen molar-refractivity contribution in [3.05, 3.63) is 59.0 Å². The summed E-state index contributed by atoms with van der Waals surface area (Å²) in [6, 6.07) is 15.9. The first kappa shape index (κ1) is 25.3. The number of methoxy groups -OCH3 is 1. The molecule has 0 aliphatic rings. The van der Waals surface area contributed by atoms with E-state index >= 15 is 0 Å². The Morgan fingerprint density at radius 3 is 2.55 bits per heavy atom. The van der Waals surface area contributed by atoms with Crippen molar-refractivity contribution in [2.75, 3.05) is 44.5 Å². The monoisotopic (exact) mass is 579 g/mol. The van der Waals surface area contributed by atoms with Crippen molar-refractivity contribution in [3.8, 4) is 21.9 Å². The number of hydrogen-bond acceptors (Lipinski definition) is 6. The minimum Gasteiger partial charge on any atom is -0.493 e. The highest BCUT2D eigenvalue weighted by Crippen LogP contribution is 2.36. The van der Waals surface area contributed by atoms with E-state index in [1.54, 1.807) is 13.2 Å². The van der Waals surface area contributed by atoms with Gasteiger partial charge in [-0.2, -0.15) is 0 Å². The average Bonchev–Trinajstić information content (AvgIpc) is 3.29. The van der Waals surface area contributed by atoms with E-state index in [0.29, 0.717) is 28.7 Å². The van der Waals surface area contributed by atoms with Gasteiger partial charge in [0.1, 0.15) is 4.88 Å². The quantitative estimate of drug-likeness (QED) is 0.139. The van der Waals surface area contributed by atoms with E-state index in [9.17, 15) is 4.79 Å². The first-order valence-electron chi connectivity index (χ1n) is 10.9. The van der Waals surface area contributed by atoms with Crippen LogP contribution in [0, 0.1) is 0 Å². The molecule has 0 spiro atoms. The number of carbonyl (C=O) groups is 1. The van der Waals surface area contributed by atoms with Crippen molar-refractivity contribution in [1.29, 1.82) is 0 Å².